The van der Waals surface area contributed by atoms with Gasteiger partial charge in [-0.2, -0.15) is 0 Å². The second kappa shape index (κ2) is 16.5. The number of hydrogen-bond acceptors (Lipinski definition) is 4. The average molecular weight is 743 g/mol. The third-order valence-electron chi connectivity index (χ3n) is 10.9. The molecule has 0 aliphatic heterocycles. The summed E-state index contributed by atoms with van der Waals surface area (Å²) in [4.78, 5) is 10.2. The van der Waals surface area contributed by atoms with Gasteiger partial charge in [-0.1, -0.05) is 147 Å². The molecule has 0 spiro atoms. The van der Waals surface area contributed by atoms with Gasteiger partial charge in [0.25, 0.3) is 0 Å². The van der Waals surface area contributed by atoms with Crippen LogP contribution in [0, 0.1) is 0 Å². The summed E-state index contributed by atoms with van der Waals surface area (Å²) in [5.74, 6) is 0.626. The van der Waals surface area contributed by atoms with Crippen LogP contribution in [0.1, 0.15) is 178 Å². The molecule has 0 amide bonds. The largest absolute Gasteiger partial charge is 0.507 e. The molecule has 0 aliphatic rings. The van der Waals surface area contributed by atoms with Crippen molar-refractivity contribution in [1.82, 2.24) is 0 Å². The first-order chi connectivity index (χ1) is 25.4. The third-order valence-corrected chi connectivity index (χ3v) is 10.9. The molecule has 4 rings (SSSR count). The zero-order valence-corrected chi connectivity index (χ0v) is 37.1. The number of aromatic hydroxyl groups is 2. The van der Waals surface area contributed by atoms with E-state index < -0.39 is 0 Å². The fourth-order valence-electron chi connectivity index (χ4n) is 7.30. The van der Waals surface area contributed by atoms with Crippen LogP contribution >= 0.6 is 0 Å². The highest BCUT2D eigenvalue weighted by Crippen LogP contribution is 2.40. The molecule has 0 radical (unpaired) electrons. The Morgan fingerprint density at radius 3 is 0.964 bits per heavy atom. The molecule has 296 valence electrons. The highest BCUT2D eigenvalue weighted by atomic mass is 16.3. The number of nitrogens with zero attached hydrogens (tertiary/aromatic N) is 2. The van der Waals surface area contributed by atoms with E-state index in [1.807, 2.05) is 12.4 Å². The van der Waals surface area contributed by atoms with Gasteiger partial charge in [0.2, 0.25) is 0 Å². The molecular weight excluding hydrogens is 673 g/mol. The van der Waals surface area contributed by atoms with E-state index in [0.29, 0.717) is 11.5 Å². The first-order valence-electron chi connectivity index (χ1n) is 20.6. The zero-order valence-electron chi connectivity index (χ0n) is 37.1. The van der Waals surface area contributed by atoms with Gasteiger partial charge in [0, 0.05) is 34.7 Å². The highest BCUT2D eigenvalue weighted by Gasteiger charge is 2.26. The van der Waals surface area contributed by atoms with E-state index in [0.717, 1.165) is 65.7 Å². The number of benzene rings is 4. The standard InChI is InChI=1S/C51H70N2O2/c1-17-34-22-32(23-35(18-2)44(34)52-30-38-26-40(48(5,6)7)28-42(46(38)54)50(11,12)13)21-33-24-36(19-3)45(37(20-4)25-33)53-31-39-27-41(49(8,9)10)29-43(47(39)55)51(14,15)16/h22-31,54-55H,17-21H2,1-16H3. The first kappa shape index (κ1) is 43.5. The van der Waals surface area contributed by atoms with Crippen molar-refractivity contribution < 1.29 is 10.2 Å². The van der Waals surface area contributed by atoms with Crippen LogP contribution in [0.25, 0.3) is 0 Å². The predicted molar refractivity (Wildman–Crippen MR) is 239 cm³/mol. The summed E-state index contributed by atoms with van der Waals surface area (Å²) in [6, 6.07) is 17.8. The molecule has 0 aromatic heterocycles. The van der Waals surface area contributed by atoms with E-state index in [1.165, 1.54) is 44.5 Å². The topological polar surface area (TPSA) is 65.2 Å². The minimum Gasteiger partial charge on any atom is -0.507 e. The Balaban J connectivity index is 1.75. The summed E-state index contributed by atoms with van der Waals surface area (Å²) in [6.07, 6.45) is 8.02. The van der Waals surface area contributed by atoms with Crippen molar-refractivity contribution in [2.75, 3.05) is 0 Å². The molecule has 4 aromatic rings. The lowest BCUT2D eigenvalue weighted by Crippen LogP contribution is -2.17. The van der Waals surface area contributed by atoms with E-state index in [2.05, 4.69) is 159 Å². The van der Waals surface area contributed by atoms with E-state index in [9.17, 15) is 10.2 Å². The lowest BCUT2D eigenvalue weighted by molar-refractivity contribution is 0.443. The number of phenolic OH excluding ortho intramolecular Hbond substituents is 2. The molecule has 2 N–H and O–H groups in total. The number of rotatable bonds is 10. The molecular formula is C51H70N2O2. The van der Waals surface area contributed by atoms with Gasteiger partial charge in [0.05, 0.1) is 11.4 Å². The molecule has 0 fully saturated rings. The van der Waals surface area contributed by atoms with Gasteiger partial charge in [-0.25, -0.2) is 0 Å². The molecule has 0 unspecified atom stereocenters. The molecule has 0 saturated carbocycles. The monoisotopic (exact) mass is 743 g/mol. The Morgan fingerprint density at radius 2 is 0.727 bits per heavy atom. The molecule has 0 saturated heterocycles. The number of aliphatic imine (C=N–C) groups is 2. The van der Waals surface area contributed by atoms with Crippen molar-refractivity contribution in [1.29, 1.82) is 0 Å². The van der Waals surface area contributed by atoms with E-state index in [1.54, 1.807) is 0 Å². The highest BCUT2D eigenvalue weighted by molar-refractivity contribution is 5.88. The summed E-state index contributed by atoms with van der Waals surface area (Å²) >= 11 is 0. The van der Waals surface area contributed by atoms with Crippen molar-refractivity contribution in [2.45, 2.75) is 165 Å². The van der Waals surface area contributed by atoms with Crippen molar-refractivity contribution in [3.05, 3.63) is 115 Å². The van der Waals surface area contributed by atoms with Crippen molar-refractivity contribution in [3.63, 3.8) is 0 Å². The van der Waals surface area contributed by atoms with Gasteiger partial charge >= 0.3 is 0 Å². The molecule has 0 aliphatic carbocycles. The van der Waals surface area contributed by atoms with Crippen LogP contribution in [-0.2, 0) is 53.8 Å². The first-order valence-corrected chi connectivity index (χ1v) is 20.6. The predicted octanol–water partition coefficient (Wildman–Crippen LogP) is 13.6. The Hall–Kier alpha value is -4.18. The van der Waals surface area contributed by atoms with Gasteiger partial charge in [-0.15, -0.1) is 0 Å². The molecule has 0 heterocycles. The van der Waals surface area contributed by atoms with Crippen LogP contribution in [0.3, 0.4) is 0 Å². The Morgan fingerprint density at radius 1 is 0.436 bits per heavy atom. The number of hydrogen-bond donors (Lipinski definition) is 2. The quantitative estimate of drug-likeness (QED) is 0.159. The van der Waals surface area contributed by atoms with Gasteiger partial charge < -0.3 is 10.2 Å². The second-order valence-corrected chi connectivity index (χ2v) is 19.6. The maximum absolute atomic E-state index is 11.4. The lowest BCUT2D eigenvalue weighted by Gasteiger charge is -2.27. The van der Waals surface area contributed by atoms with Crippen LogP contribution in [0.15, 0.2) is 58.5 Å². The van der Waals surface area contributed by atoms with Crippen LogP contribution in [0.5, 0.6) is 11.5 Å². The van der Waals surface area contributed by atoms with Crippen molar-refractivity contribution in [2.24, 2.45) is 9.98 Å². The van der Waals surface area contributed by atoms with Crippen LogP contribution in [-0.4, -0.2) is 22.6 Å². The maximum Gasteiger partial charge on any atom is 0.128 e. The Bertz CT molecular complexity index is 1870. The Labute approximate surface area is 334 Å². The van der Waals surface area contributed by atoms with Gasteiger partial charge in [-0.3, -0.25) is 9.98 Å². The van der Waals surface area contributed by atoms with Crippen molar-refractivity contribution in [3.8, 4) is 11.5 Å². The van der Waals surface area contributed by atoms with Crippen LogP contribution in [0.2, 0.25) is 0 Å². The lowest BCUT2D eigenvalue weighted by atomic mass is 9.79. The summed E-state index contributed by atoms with van der Waals surface area (Å²) in [5.41, 5.74) is 14.7. The SMILES string of the molecule is CCc1cc(Cc2cc(CC)c(N=Cc3cc(C(C)(C)C)cc(C(C)(C)C)c3O)c(CC)c2)cc(CC)c1N=Cc1cc(C(C)(C)C)cc(C(C)(C)C)c1O. The molecule has 4 heteroatoms. The minimum absolute atomic E-state index is 0.0574. The number of phenols is 2. The summed E-state index contributed by atoms with van der Waals surface area (Å²) in [7, 11) is 0. The van der Waals surface area contributed by atoms with Gasteiger partial charge in [0.1, 0.15) is 11.5 Å². The molecule has 0 bridgehead atoms. The fraction of sp³-hybridized carbons (Fsp3) is 0.490. The number of aryl methyl sites for hydroxylation is 4. The maximum atomic E-state index is 11.4. The summed E-state index contributed by atoms with van der Waals surface area (Å²) < 4.78 is 0. The minimum atomic E-state index is -0.199. The van der Waals surface area contributed by atoms with Gasteiger partial charge in [-0.05, 0) is 110 Å². The smallest absolute Gasteiger partial charge is 0.128 e. The molecule has 4 aromatic carbocycles. The van der Waals surface area contributed by atoms with Crippen LogP contribution < -0.4 is 0 Å². The third kappa shape index (κ3) is 10.2. The fourth-order valence-corrected chi connectivity index (χ4v) is 7.30. The Kier molecular flexibility index (Phi) is 13.1. The normalized spacial score (nSPS) is 13.1. The zero-order chi connectivity index (χ0) is 41.3. The molecule has 0 atom stereocenters. The van der Waals surface area contributed by atoms with Crippen LogP contribution in [0.4, 0.5) is 11.4 Å². The van der Waals surface area contributed by atoms with Crippen molar-refractivity contribution >= 4 is 23.8 Å². The second-order valence-electron chi connectivity index (χ2n) is 19.6. The summed E-state index contributed by atoms with van der Waals surface area (Å²) in [6.45, 7) is 34.9. The van der Waals surface area contributed by atoms with E-state index in [-0.39, 0.29) is 21.7 Å². The molecule has 4 nitrogen and oxygen atoms in total. The average Bonchev–Trinajstić information content (AvgIpc) is 3.08. The summed E-state index contributed by atoms with van der Waals surface area (Å²) in [5, 5.41) is 22.9. The van der Waals surface area contributed by atoms with Gasteiger partial charge in [0.15, 0.2) is 0 Å². The van der Waals surface area contributed by atoms with E-state index >= 15 is 0 Å². The molecule has 55 heavy (non-hydrogen) atoms. The van der Waals surface area contributed by atoms with E-state index in [4.69, 9.17) is 9.98 Å².